The Balaban J connectivity index is 1.57. The number of hydrazine groups is 1. The van der Waals surface area contributed by atoms with Crippen LogP contribution in [0, 0.1) is 10.1 Å². The first-order chi connectivity index (χ1) is 13.0. The molecule has 10 nitrogen and oxygen atoms in total. The summed E-state index contributed by atoms with van der Waals surface area (Å²) in [4.78, 5) is 36.5. The average molecular weight is 370 g/mol. The number of hydrogen-bond donors (Lipinski definition) is 3. The number of amides is 2. The summed E-state index contributed by atoms with van der Waals surface area (Å²) in [6, 6.07) is 11.7. The molecule has 2 amide bonds. The highest BCUT2D eigenvalue weighted by atomic mass is 16.6. The molecule has 3 rings (SSSR count). The maximum Gasteiger partial charge on any atom is 0.305 e. The van der Waals surface area contributed by atoms with E-state index in [0.29, 0.717) is 11.3 Å². The number of para-hydroxylation sites is 1. The fourth-order valence-corrected chi connectivity index (χ4v) is 2.18. The highest BCUT2D eigenvalue weighted by Crippen LogP contribution is 2.16. The van der Waals surface area contributed by atoms with Crippen LogP contribution < -0.4 is 15.6 Å². The molecule has 0 spiro atoms. The summed E-state index contributed by atoms with van der Waals surface area (Å²) in [6.07, 6.45) is 2.40. The van der Waals surface area contributed by atoms with Crippen molar-refractivity contribution in [2.24, 2.45) is 0 Å². The van der Waals surface area contributed by atoms with Crippen LogP contribution in [0.25, 0.3) is 0 Å². The molecule has 2 aromatic heterocycles. The molecule has 0 bridgehead atoms. The lowest BCUT2D eigenvalue weighted by molar-refractivity contribution is -0.384. The number of hydrogen-bond acceptors (Lipinski definition) is 6. The highest BCUT2D eigenvalue weighted by Gasteiger charge is 2.18. The van der Waals surface area contributed by atoms with Crippen LogP contribution >= 0.6 is 0 Å². The summed E-state index contributed by atoms with van der Waals surface area (Å²) < 4.78 is 10.7. The van der Waals surface area contributed by atoms with Crippen molar-refractivity contribution in [3.05, 3.63) is 82.1 Å². The molecule has 0 unspecified atom stereocenters. The minimum absolute atomic E-state index is 0.0244. The first kappa shape index (κ1) is 17.7. The quantitative estimate of drug-likeness (QED) is 0.449. The van der Waals surface area contributed by atoms with Crippen molar-refractivity contribution in [2.45, 2.75) is 6.61 Å². The predicted octanol–water partition coefficient (Wildman–Crippen LogP) is 2.17. The van der Waals surface area contributed by atoms with Crippen molar-refractivity contribution in [1.29, 1.82) is 0 Å². The standard InChI is InChI=1S/C17H14N4O6/c22-16(14-8-12(9-18-14)21(24)25)19-20-17(23)15-11(6-7-26-15)10-27-13-4-2-1-3-5-13/h1-9,18H,10H2,(H,19,22)(H,20,23). The van der Waals surface area contributed by atoms with Gasteiger partial charge in [-0.3, -0.25) is 30.6 Å². The largest absolute Gasteiger partial charge is 0.489 e. The van der Waals surface area contributed by atoms with E-state index in [4.69, 9.17) is 9.15 Å². The van der Waals surface area contributed by atoms with Crippen LogP contribution in [0.4, 0.5) is 5.69 Å². The Morgan fingerprint density at radius 2 is 1.89 bits per heavy atom. The number of nitrogens with one attached hydrogen (secondary N) is 3. The number of aromatic nitrogens is 1. The van der Waals surface area contributed by atoms with Gasteiger partial charge in [0.2, 0.25) is 0 Å². The highest BCUT2D eigenvalue weighted by molar-refractivity contribution is 5.97. The van der Waals surface area contributed by atoms with Crippen molar-refractivity contribution < 1.29 is 23.7 Å². The summed E-state index contributed by atoms with van der Waals surface area (Å²) in [6.45, 7) is 0.0973. The molecule has 0 saturated heterocycles. The number of nitrogens with zero attached hydrogens (tertiary/aromatic N) is 1. The Kier molecular flexibility index (Phi) is 5.17. The molecular formula is C17H14N4O6. The summed E-state index contributed by atoms with van der Waals surface area (Å²) in [5.41, 5.74) is 4.48. The number of ether oxygens (including phenoxy) is 1. The Bertz CT molecular complexity index is 963. The van der Waals surface area contributed by atoms with Crippen LogP contribution in [-0.2, 0) is 6.61 Å². The molecule has 0 radical (unpaired) electrons. The normalized spacial score (nSPS) is 10.2. The van der Waals surface area contributed by atoms with Crippen molar-refractivity contribution in [3.8, 4) is 5.75 Å². The molecule has 1 aromatic carbocycles. The number of carbonyl (C=O) groups is 2. The molecule has 3 aromatic rings. The molecule has 3 N–H and O–H groups in total. The van der Waals surface area contributed by atoms with Crippen molar-refractivity contribution in [3.63, 3.8) is 0 Å². The van der Waals surface area contributed by atoms with Gasteiger partial charge in [0, 0.05) is 11.6 Å². The van der Waals surface area contributed by atoms with Gasteiger partial charge in [-0.2, -0.15) is 0 Å². The van der Waals surface area contributed by atoms with Crippen molar-refractivity contribution in [2.75, 3.05) is 0 Å². The van der Waals surface area contributed by atoms with E-state index < -0.39 is 16.7 Å². The van der Waals surface area contributed by atoms with Gasteiger partial charge in [-0.15, -0.1) is 0 Å². The monoisotopic (exact) mass is 370 g/mol. The molecule has 10 heteroatoms. The van der Waals surface area contributed by atoms with Crippen LogP contribution in [0.15, 0.2) is 59.3 Å². The van der Waals surface area contributed by atoms with E-state index in [1.807, 2.05) is 18.2 Å². The van der Waals surface area contributed by atoms with Gasteiger partial charge < -0.3 is 14.1 Å². The third kappa shape index (κ3) is 4.31. The zero-order chi connectivity index (χ0) is 19.2. The number of nitro groups is 1. The molecule has 0 aliphatic rings. The van der Waals surface area contributed by atoms with Gasteiger partial charge in [0.15, 0.2) is 5.76 Å². The van der Waals surface area contributed by atoms with Gasteiger partial charge in [-0.05, 0) is 18.2 Å². The molecule has 0 saturated carbocycles. The average Bonchev–Trinajstić information content (AvgIpc) is 3.34. The number of benzene rings is 1. The minimum atomic E-state index is -0.745. The van der Waals surface area contributed by atoms with Crippen LogP contribution in [0.1, 0.15) is 26.6 Å². The van der Waals surface area contributed by atoms with Gasteiger partial charge in [0.1, 0.15) is 18.1 Å². The van der Waals surface area contributed by atoms with Crippen molar-refractivity contribution in [1.82, 2.24) is 15.8 Å². The van der Waals surface area contributed by atoms with E-state index in [0.717, 1.165) is 12.3 Å². The topological polar surface area (TPSA) is 140 Å². The van der Waals surface area contributed by atoms with E-state index >= 15 is 0 Å². The number of carbonyl (C=O) groups excluding carboxylic acids is 2. The van der Waals surface area contributed by atoms with Crippen LogP contribution in [0.5, 0.6) is 5.75 Å². The maximum atomic E-state index is 12.2. The smallest absolute Gasteiger partial charge is 0.305 e. The van der Waals surface area contributed by atoms with E-state index in [2.05, 4.69) is 15.8 Å². The van der Waals surface area contributed by atoms with Gasteiger partial charge in [-0.1, -0.05) is 18.2 Å². The Morgan fingerprint density at radius 1 is 1.15 bits per heavy atom. The van der Waals surface area contributed by atoms with Crippen LogP contribution in [0.3, 0.4) is 0 Å². The van der Waals surface area contributed by atoms with Gasteiger partial charge in [-0.25, -0.2) is 0 Å². The molecule has 0 aliphatic heterocycles. The van der Waals surface area contributed by atoms with E-state index in [1.165, 1.54) is 6.26 Å². The lowest BCUT2D eigenvalue weighted by atomic mass is 10.2. The van der Waals surface area contributed by atoms with E-state index in [9.17, 15) is 19.7 Å². The minimum Gasteiger partial charge on any atom is -0.489 e. The predicted molar refractivity (Wildman–Crippen MR) is 91.9 cm³/mol. The van der Waals surface area contributed by atoms with Gasteiger partial charge in [0.25, 0.3) is 11.6 Å². The number of aromatic amines is 1. The maximum absolute atomic E-state index is 12.2. The SMILES string of the molecule is O=C(NNC(=O)c1occc1COc1ccccc1)c1cc([N+](=O)[O-])c[nH]1. The van der Waals surface area contributed by atoms with E-state index in [-0.39, 0.29) is 23.7 Å². The molecule has 0 aliphatic carbocycles. The second-order valence-corrected chi connectivity index (χ2v) is 5.31. The fourth-order valence-electron chi connectivity index (χ4n) is 2.18. The zero-order valence-electron chi connectivity index (χ0n) is 13.8. The second kappa shape index (κ2) is 7.87. The zero-order valence-corrected chi connectivity index (χ0v) is 13.8. The molecule has 27 heavy (non-hydrogen) atoms. The fraction of sp³-hybridized carbons (Fsp3) is 0.0588. The van der Waals surface area contributed by atoms with Crippen molar-refractivity contribution >= 4 is 17.5 Å². The number of H-pyrrole nitrogens is 1. The Labute approximate surface area is 152 Å². The third-order valence-corrected chi connectivity index (χ3v) is 3.50. The summed E-state index contributed by atoms with van der Waals surface area (Å²) in [7, 11) is 0. The first-order valence-corrected chi connectivity index (χ1v) is 7.72. The van der Waals surface area contributed by atoms with Crippen LogP contribution in [-0.4, -0.2) is 21.7 Å². The van der Waals surface area contributed by atoms with Gasteiger partial charge >= 0.3 is 5.91 Å². The lowest BCUT2D eigenvalue weighted by Crippen LogP contribution is -2.42. The van der Waals surface area contributed by atoms with Gasteiger partial charge in [0.05, 0.1) is 17.4 Å². The summed E-state index contributed by atoms with van der Waals surface area (Å²) in [5.74, 6) is -0.832. The first-order valence-electron chi connectivity index (χ1n) is 7.72. The second-order valence-electron chi connectivity index (χ2n) is 5.31. The Morgan fingerprint density at radius 3 is 2.59 bits per heavy atom. The molecule has 2 heterocycles. The molecule has 0 fully saturated rings. The number of furan rings is 1. The van der Waals surface area contributed by atoms with E-state index in [1.54, 1.807) is 18.2 Å². The summed E-state index contributed by atoms with van der Waals surface area (Å²) >= 11 is 0. The molecular weight excluding hydrogens is 356 g/mol. The summed E-state index contributed by atoms with van der Waals surface area (Å²) in [5, 5.41) is 10.6. The number of rotatable bonds is 6. The van der Waals surface area contributed by atoms with Crippen LogP contribution in [0.2, 0.25) is 0 Å². The third-order valence-electron chi connectivity index (χ3n) is 3.50. The molecule has 0 atom stereocenters. The molecule has 138 valence electrons. The lowest BCUT2D eigenvalue weighted by Gasteiger charge is -2.07. The Hall–Kier alpha value is -4.08.